The van der Waals surface area contributed by atoms with Gasteiger partial charge < -0.3 is 14.0 Å². The Morgan fingerprint density at radius 1 is 0.488 bits per heavy atom. The third-order valence-electron chi connectivity index (χ3n) is 9.11. The minimum atomic E-state index is 0.0417. The van der Waals surface area contributed by atoms with Gasteiger partial charge in [-0.1, -0.05) is 97.1 Å². The Kier molecular flexibility index (Phi) is 5.17. The highest BCUT2D eigenvalue weighted by Crippen LogP contribution is 2.43. The van der Waals surface area contributed by atoms with Crippen LogP contribution in [0.3, 0.4) is 0 Å². The van der Waals surface area contributed by atoms with Gasteiger partial charge in [0.05, 0.1) is 28.3 Å². The molecule has 2 aromatic heterocycles. The maximum Gasteiger partial charge on any atom is 0.0948 e. The molecular weight excluding hydrogens is 522 g/mol. The van der Waals surface area contributed by atoms with Crippen LogP contribution in [0.5, 0.6) is 0 Å². The van der Waals surface area contributed by atoms with Crippen molar-refractivity contribution in [3.63, 3.8) is 0 Å². The highest BCUT2D eigenvalue weighted by Gasteiger charge is 2.30. The Hall–Kier alpha value is -5.54. The van der Waals surface area contributed by atoms with Crippen molar-refractivity contribution in [1.29, 1.82) is 0 Å². The fourth-order valence-corrected chi connectivity index (χ4v) is 7.20. The summed E-state index contributed by atoms with van der Waals surface area (Å²) in [5.74, 6) is 0. The van der Waals surface area contributed by atoms with Crippen LogP contribution in [0.4, 0.5) is 0 Å². The van der Waals surface area contributed by atoms with Crippen molar-refractivity contribution < 1.29 is 0 Å². The summed E-state index contributed by atoms with van der Waals surface area (Å²) in [4.78, 5) is 2.35. The molecule has 0 aliphatic carbocycles. The Labute approximate surface area is 250 Å². The zero-order valence-electron chi connectivity index (χ0n) is 23.9. The van der Waals surface area contributed by atoms with Gasteiger partial charge in [-0.2, -0.15) is 0 Å². The second-order valence-corrected chi connectivity index (χ2v) is 11.5. The minimum Gasteiger partial charge on any atom is -0.368 e. The molecule has 1 aliphatic rings. The van der Waals surface area contributed by atoms with E-state index < -0.39 is 0 Å². The van der Waals surface area contributed by atoms with Gasteiger partial charge in [0.25, 0.3) is 0 Å². The van der Waals surface area contributed by atoms with Crippen LogP contribution >= 0.6 is 0 Å². The van der Waals surface area contributed by atoms with E-state index in [-0.39, 0.29) is 6.04 Å². The van der Waals surface area contributed by atoms with Crippen molar-refractivity contribution >= 4 is 49.6 Å². The third kappa shape index (κ3) is 3.55. The lowest BCUT2D eigenvalue weighted by Crippen LogP contribution is -2.25. The molecule has 204 valence electrons. The van der Waals surface area contributed by atoms with E-state index in [1.807, 2.05) is 0 Å². The largest absolute Gasteiger partial charge is 0.368 e. The second kappa shape index (κ2) is 9.23. The number of hydrogen-bond donors (Lipinski definition) is 0. The highest BCUT2D eigenvalue weighted by molar-refractivity contribution is 6.09. The normalized spacial score (nSPS) is 14.7. The van der Waals surface area contributed by atoms with Crippen molar-refractivity contribution in [3.8, 4) is 11.4 Å². The van der Waals surface area contributed by atoms with Crippen molar-refractivity contribution in [2.75, 3.05) is 7.05 Å². The smallest absolute Gasteiger partial charge is 0.0948 e. The number of para-hydroxylation sites is 3. The maximum absolute atomic E-state index is 2.46. The fourth-order valence-electron chi connectivity index (χ4n) is 7.20. The molecule has 0 N–H and O–H groups in total. The fraction of sp³-hybridized carbons (Fsp3) is 0.0500. The molecule has 1 aliphatic heterocycles. The van der Waals surface area contributed by atoms with Crippen LogP contribution in [0.25, 0.3) is 60.9 Å². The Morgan fingerprint density at radius 3 is 2.00 bits per heavy atom. The zero-order valence-corrected chi connectivity index (χ0v) is 23.9. The summed E-state index contributed by atoms with van der Waals surface area (Å²) in [5.41, 5.74) is 9.89. The summed E-state index contributed by atoms with van der Waals surface area (Å²) >= 11 is 0. The van der Waals surface area contributed by atoms with Crippen LogP contribution in [0, 0.1) is 0 Å². The molecule has 8 aromatic rings. The van der Waals surface area contributed by atoms with Crippen LogP contribution in [-0.2, 0) is 0 Å². The average molecular weight is 552 g/mol. The summed E-state index contributed by atoms with van der Waals surface area (Å²) in [6.45, 7) is 0. The van der Waals surface area contributed by atoms with Crippen LogP contribution in [0.1, 0.15) is 22.9 Å². The van der Waals surface area contributed by atoms with E-state index >= 15 is 0 Å². The molecule has 0 saturated carbocycles. The first-order chi connectivity index (χ1) is 21.3. The van der Waals surface area contributed by atoms with Gasteiger partial charge in [-0.05, 0) is 64.9 Å². The van der Waals surface area contributed by atoms with Gasteiger partial charge in [-0.3, -0.25) is 0 Å². The van der Waals surface area contributed by atoms with Crippen molar-refractivity contribution in [1.82, 2.24) is 14.0 Å². The molecule has 0 saturated heterocycles. The van der Waals surface area contributed by atoms with Crippen molar-refractivity contribution in [2.45, 2.75) is 6.04 Å². The molecule has 3 heterocycles. The first-order valence-corrected chi connectivity index (χ1v) is 14.9. The van der Waals surface area contributed by atoms with Gasteiger partial charge in [-0.25, -0.2) is 0 Å². The molecule has 6 aromatic carbocycles. The topological polar surface area (TPSA) is 13.1 Å². The predicted octanol–water partition coefficient (Wildman–Crippen LogP) is 9.89. The van der Waals surface area contributed by atoms with E-state index in [2.05, 4.69) is 173 Å². The van der Waals surface area contributed by atoms with E-state index in [1.165, 1.54) is 71.7 Å². The molecule has 3 nitrogen and oxygen atoms in total. The number of hydrogen-bond acceptors (Lipinski definition) is 1. The number of fused-ring (bicyclic) bond motifs is 7. The molecule has 0 spiro atoms. The highest BCUT2D eigenvalue weighted by atomic mass is 15.2. The lowest BCUT2D eigenvalue weighted by Gasteiger charge is -2.32. The van der Waals surface area contributed by atoms with Gasteiger partial charge >= 0.3 is 0 Å². The molecule has 0 bridgehead atoms. The average Bonchev–Trinajstić information content (AvgIpc) is 3.57. The minimum absolute atomic E-state index is 0.0417. The lowest BCUT2D eigenvalue weighted by molar-refractivity contribution is 0.372. The van der Waals surface area contributed by atoms with Crippen LogP contribution in [0.2, 0.25) is 0 Å². The standard InChI is InChI=1S/C40H29N3/c1-41-24-23-35-33-16-8-10-18-37(33)43(30-13-3-2-4-14-30)40(35)39(41)29-20-22-34-32-15-7-9-17-36(32)42(38(34)26-29)31-21-19-27-11-5-6-12-28(27)25-31/h2-26,39H,1H3. The SMILES string of the molecule is CN1C=Cc2c(n(-c3ccccc3)c3ccccc23)C1c1ccc2c3ccccc3n(-c3ccc4ccccc4c3)c2c1. The monoisotopic (exact) mass is 551 g/mol. The molecular formula is C40H29N3. The number of aromatic nitrogens is 2. The van der Waals surface area contributed by atoms with Gasteiger partial charge in [-0.15, -0.1) is 0 Å². The molecule has 0 amide bonds. The molecule has 9 rings (SSSR count). The van der Waals surface area contributed by atoms with Crippen LogP contribution in [-0.4, -0.2) is 21.1 Å². The zero-order chi connectivity index (χ0) is 28.5. The van der Waals surface area contributed by atoms with Crippen LogP contribution < -0.4 is 0 Å². The summed E-state index contributed by atoms with van der Waals surface area (Å²) in [6, 6.07) is 50.8. The molecule has 0 radical (unpaired) electrons. The third-order valence-corrected chi connectivity index (χ3v) is 9.11. The van der Waals surface area contributed by atoms with E-state index in [0.29, 0.717) is 0 Å². The Balaban J connectivity index is 1.33. The summed E-state index contributed by atoms with van der Waals surface area (Å²) < 4.78 is 4.89. The molecule has 43 heavy (non-hydrogen) atoms. The lowest BCUT2D eigenvalue weighted by atomic mass is 9.94. The summed E-state index contributed by atoms with van der Waals surface area (Å²) in [6.07, 6.45) is 4.51. The van der Waals surface area contributed by atoms with Crippen LogP contribution in [0.15, 0.2) is 146 Å². The first-order valence-electron chi connectivity index (χ1n) is 14.9. The maximum atomic E-state index is 2.46. The second-order valence-electron chi connectivity index (χ2n) is 11.5. The van der Waals surface area contributed by atoms with E-state index in [1.54, 1.807) is 0 Å². The number of rotatable bonds is 3. The Morgan fingerprint density at radius 2 is 1.16 bits per heavy atom. The molecule has 1 atom stereocenters. The predicted molar refractivity (Wildman–Crippen MR) is 180 cm³/mol. The van der Waals surface area contributed by atoms with E-state index in [9.17, 15) is 0 Å². The number of benzene rings is 6. The molecule has 0 fully saturated rings. The Bertz CT molecular complexity index is 2370. The molecule has 1 unspecified atom stereocenters. The molecule has 3 heteroatoms. The van der Waals surface area contributed by atoms with Gasteiger partial charge in [0.2, 0.25) is 0 Å². The summed E-state index contributed by atoms with van der Waals surface area (Å²) in [5, 5.41) is 6.32. The van der Waals surface area contributed by atoms with Gasteiger partial charge in [0.15, 0.2) is 0 Å². The number of nitrogens with zero attached hydrogens (tertiary/aromatic N) is 3. The van der Waals surface area contributed by atoms with Crippen molar-refractivity contribution in [3.05, 3.63) is 163 Å². The summed E-state index contributed by atoms with van der Waals surface area (Å²) in [7, 11) is 2.19. The van der Waals surface area contributed by atoms with Gasteiger partial charge in [0, 0.05) is 46.3 Å². The quantitative estimate of drug-likeness (QED) is 0.213. The van der Waals surface area contributed by atoms with Crippen molar-refractivity contribution in [2.24, 2.45) is 0 Å². The first kappa shape index (κ1) is 24.1. The van der Waals surface area contributed by atoms with Gasteiger partial charge in [0.1, 0.15) is 0 Å². The van der Waals surface area contributed by atoms with E-state index in [4.69, 9.17) is 0 Å². The van der Waals surface area contributed by atoms with E-state index in [0.717, 1.165) is 0 Å².